The van der Waals surface area contributed by atoms with Crippen LogP contribution in [0.15, 0.2) is 30.3 Å². The van der Waals surface area contributed by atoms with Gasteiger partial charge in [0.25, 0.3) is 5.91 Å². The summed E-state index contributed by atoms with van der Waals surface area (Å²) in [7, 11) is 0. The van der Waals surface area contributed by atoms with E-state index in [0.717, 1.165) is 28.6 Å². The van der Waals surface area contributed by atoms with Crippen molar-refractivity contribution in [2.24, 2.45) is 11.8 Å². The van der Waals surface area contributed by atoms with E-state index in [9.17, 15) is 4.79 Å². The molecule has 1 saturated carbocycles. The van der Waals surface area contributed by atoms with Crippen molar-refractivity contribution in [2.45, 2.75) is 46.1 Å². The molecule has 1 N–H and O–H groups in total. The van der Waals surface area contributed by atoms with E-state index in [1.807, 2.05) is 37.3 Å². The van der Waals surface area contributed by atoms with Crippen molar-refractivity contribution in [3.05, 3.63) is 41.6 Å². The molecule has 0 bridgehead atoms. The van der Waals surface area contributed by atoms with Gasteiger partial charge in [0.05, 0.1) is 11.1 Å². The summed E-state index contributed by atoms with van der Waals surface area (Å²) in [6.45, 7) is 6.48. The van der Waals surface area contributed by atoms with E-state index < -0.39 is 0 Å². The maximum atomic E-state index is 12.8. The van der Waals surface area contributed by atoms with Gasteiger partial charge in [-0.15, -0.1) is 0 Å². The molecular weight excluding hydrogens is 272 g/mol. The van der Waals surface area contributed by atoms with E-state index in [4.69, 9.17) is 0 Å². The third kappa shape index (κ3) is 2.85. The summed E-state index contributed by atoms with van der Waals surface area (Å²) in [5, 5.41) is 4.20. The molecule has 1 aromatic carbocycles. The van der Waals surface area contributed by atoms with Crippen molar-refractivity contribution < 1.29 is 4.79 Å². The monoisotopic (exact) mass is 296 g/mol. The highest BCUT2D eigenvalue weighted by molar-refractivity contribution is 6.06. The van der Waals surface area contributed by atoms with Crippen molar-refractivity contribution in [3.8, 4) is 0 Å². The number of benzene rings is 1. The number of pyridine rings is 1. The Morgan fingerprint density at radius 3 is 2.82 bits per heavy atom. The van der Waals surface area contributed by atoms with Gasteiger partial charge in [-0.2, -0.15) is 0 Å². The third-order valence-electron chi connectivity index (χ3n) is 5.11. The van der Waals surface area contributed by atoms with Crippen LogP contribution in [0.2, 0.25) is 0 Å². The van der Waals surface area contributed by atoms with Crippen molar-refractivity contribution in [1.82, 2.24) is 10.3 Å². The van der Waals surface area contributed by atoms with Crippen LogP contribution >= 0.6 is 0 Å². The first-order valence-electron chi connectivity index (χ1n) is 8.23. The minimum absolute atomic E-state index is 0.0349. The Labute approximate surface area is 132 Å². The molecule has 1 aliphatic rings. The zero-order valence-corrected chi connectivity index (χ0v) is 13.6. The fourth-order valence-corrected chi connectivity index (χ4v) is 3.53. The molecule has 0 aliphatic heterocycles. The van der Waals surface area contributed by atoms with Gasteiger partial charge in [-0.3, -0.25) is 9.78 Å². The van der Waals surface area contributed by atoms with Crippen LogP contribution in [0, 0.1) is 18.8 Å². The number of amides is 1. The molecule has 3 rings (SSSR count). The lowest BCUT2D eigenvalue weighted by molar-refractivity contribution is 0.0892. The molecule has 3 heteroatoms. The van der Waals surface area contributed by atoms with Crippen LogP contribution in [0.1, 0.15) is 49.2 Å². The molecule has 116 valence electrons. The van der Waals surface area contributed by atoms with Crippen molar-refractivity contribution in [2.75, 3.05) is 0 Å². The van der Waals surface area contributed by atoms with Gasteiger partial charge < -0.3 is 5.32 Å². The number of aromatic nitrogens is 1. The molecule has 1 heterocycles. The zero-order valence-electron chi connectivity index (χ0n) is 13.6. The second-order valence-electron chi connectivity index (χ2n) is 6.68. The molecule has 1 amide bonds. The first kappa shape index (κ1) is 15.0. The Kier molecular flexibility index (Phi) is 4.14. The largest absolute Gasteiger partial charge is 0.349 e. The van der Waals surface area contributed by atoms with Gasteiger partial charge in [-0.05, 0) is 37.3 Å². The highest BCUT2D eigenvalue weighted by Gasteiger charge is 2.28. The second kappa shape index (κ2) is 6.07. The molecule has 0 unspecified atom stereocenters. The Hall–Kier alpha value is -1.90. The van der Waals surface area contributed by atoms with Gasteiger partial charge in [0.1, 0.15) is 0 Å². The smallest absolute Gasteiger partial charge is 0.252 e. The van der Waals surface area contributed by atoms with Crippen molar-refractivity contribution in [3.63, 3.8) is 0 Å². The normalized spacial score (nSPS) is 25.1. The van der Waals surface area contributed by atoms with Crippen molar-refractivity contribution >= 4 is 16.8 Å². The lowest BCUT2D eigenvalue weighted by atomic mass is 9.78. The van der Waals surface area contributed by atoms with E-state index in [0.29, 0.717) is 11.8 Å². The molecule has 1 aromatic heterocycles. The number of nitrogens with zero attached hydrogens (tertiary/aromatic N) is 1. The van der Waals surface area contributed by atoms with Crippen LogP contribution in [0.3, 0.4) is 0 Å². The number of hydrogen-bond donors (Lipinski definition) is 1. The number of hydrogen-bond acceptors (Lipinski definition) is 2. The average molecular weight is 296 g/mol. The third-order valence-corrected chi connectivity index (χ3v) is 5.11. The van der Waals surface area contributed by atoms with Crippen LogP contribution in [-0.4, -0.2) is 16.9 Å². The summed E-state index contributed by atoms with van der Waals surface area (Å²) >= 11 is 0. The summed E-state index contributed by atoms with van der Waals surface area (Å²) in [4.78, 5) is 17.3. The van der Waals surface area contributed by atoms with E-state index in [2.05, 4.69) is 24.1 Å². The predicted molar refractivity (Wildman–Crippen MR) is 89.9 cm³/mol. The van der Waals surface area contributed by atoms with Gasteiger partial charge in [-0.1, -0.05) is 44.9 Å². The quantitative estimate of drug-likeness (QED) is 0.906. The lowest BCUT2D eigenvalue weighted by Gasteiger charge is -2.34. The maximum Gasteiger partial charge on any atom is 0.252 e. The first-order chi connectivity index (χ1) is 10.6. The number of rotatable bonds is 2. The zero-order chi connectivity index (χ0) is 15.7. The number of fused-ring (bicyclic) bond motifs is 1. The number of aryl methyl sites for hydroxylation is 1. The van der Waals surface area contributed by atoms with E-state index in [1.54, 1.807) is 0 Å². The molecule has 0 radical (unpaired) electrons. The molecule has 3 nitrogen and oxygen atoms in total. The van der Waals surface area contributed by atoms with Gasteiger partial charge in [0, 0.05) is 17.1 Å². The molecule has 0 spiro atoms. The SMILES string of the molecule is Cc1cc(C(=O)N[C@@H]2CCC[C@@H](C)[C@H]2C)c2ccccc2n1. The van der Waals surface area contributed by atoms with Gasteiger partial charge in [-0.25, -0.2) is 0 Å². The van der Waals surface area contributed by atoms with E-state index in [-0.39, 0.29) is 11.9 Å². The summed E-state index contributed by atoms with van der Waals surface area (Å²) in [6, 6.07) is 10.0. The molecule has 0 saturated heterocycles. The van der Waals surface area contributed by atoms with Crippen LogP contribution in [0.4, 0.5) is 0 Å². The molecule has 1 aliphatic carbocycles. The first-order valence-corrected chi connectivity index (χ1v) is 8.23. The molecular formula is C19H24N2O. The number of carbonyl (C=O) groups excluding carboxylic acids is 1. The number of carbonyl (C=O) groups is 1. The van der Waals surface area contributed by atoms with Gasteiger partial charge >= 0.3 is 0 Å². The van der Waals surface area contributed by atoms with Crippen molar-refractivity contribution in [1.29, 1.82) is 0 Å². The highest BCUT2D eigenvalue weighted by Crippen LogP contribution is 2.30. The van der Waals surface area contributed by atoms with Crippen LogP contribution in [-0.2, 0) is 0 Å². The minimum atomic E-state index is 0.0349. The lowest BCUT2D eigenvalue weighted by Crippen LogP contribution is -2.43. The minimum Gasteiger partial charge on any atom is -0.349 e. The number of nitrogens with one attached hydrogen (secondary N) is 1. The molecule has 3 atom stereocenters. The van der Waals surface area contributed by atoms with Crippen LogP contribution in [0.5, 0.6) is 0 Å². The maximum absolute atomic E-state index is 12.8. The summed E-state index contributed by atoms with van der Waals surface area (Å²) in [6.07, 6.45) is 3.55. The average Bonchev–Trinajstić information content (AvgIpc) is 2.51. The topological polar surface area (TPSA) is 42.0 Å². The Morgan fingerprint density at radius 2 is 2.00 bits per heavy atom. The molecule has 1 fully saturated rings. The Bertz CT molecular complexity index is 695. The van der Waals surface area contributed by atoms with Crippen LogP contribution < -0.4 is 5.32 Å². The highest BCUT2D eigenvalue weighted by atomic mass is 16.1. The fourth-order valence-electron chi connectivity index (χ4n) is 3.53. The number of para-hydroxylation sites is 1. The van der Waals surface area contributed by atoms with Crippen LogP contribution in [0.25, 0.3) is 10.9 Å². The van der Waals surface area contributed by atoms with Gasteiger partial charge in [0.15, 0.2) is 0 Å². The summed E-state index contributed by atoms with van der Waals surface area (Å²) in [5.74, 6) is 1.24. The molecule has 2 aromatic rings. The summed E-state index contributed by atoms with van der Waals surface area (Å²) < 4.78 is 0. The molecule has 22 heavy (non-hydrogen) atoms. The fraction of sp³-hybridized carbons (Fsp3) is 0.474. The second-order valence-corrected chi connectivity index (χ2v) is 6.68. The Balaban J connectivity index is 1.89. The predicted octanol–water partition coefficient (Wildman–Crippen LogP) is 4.10. The Morgan fingerprint density at radius 1 is 1.23 bits per heavy atom. The summed E-state index contributed by atoms with van der Waals surface area (Å²) in [5.41, 5.74) is 2.51. The van der Waals surface area contributed by atoms with E-state index in [1.165, 1.54) is 12.8 Å². The van der Waals surface area contributed by atoms with Gasteiger partial charge in [0.2, 0.25) is 0 Å². The standard InChI is InChI=1S/C19H24N2O/c1-12-7-6-10-17(14(12)3)21-19(22)16-11-13(2)20-18-9-5-4-8-15(16)18/h4-5,8-9,11-12,14,17H,6-7,10H2,1-3H3,(H,21,22)/t12-,14-,17-/m1/s1. The van der Waals surface area contributed by atoms with E-state index >= 15 is 0 Å².